The lowest BCUT2D eigenvalue weighted by atomic mass is 10.1. The minimum Gasteiger partial charge on any atom is -0.142 e. The minimum atomic E-state index is 0.590. The van der Waals surface area contributed by atoms with E-state index in [9.17, 15) is 0 Å². The number of hydrogen-bond acceptors (Lipinski definition) is 1. The Kier molecular flexibility index (Phi) is 2.82. The first-order valence-electron chi connectivity index (χ1n) is 4.09. The van der Waals surface area contributed by atoms with Crippen molar-refractivity contribution in [2.75, 3.05) is 0 Å². The maximum absolute atomic E-state index is 5.94. The van der Waals surface area contributed by atoms with E-state index in [-0.39, 0.29) is 0 Å². The van der Waals surface area contributed by atoms with Crippen molar-refractivity contribution >= 4 is 34.5 Å². The summed E-state index contributed by atoms with van der Waals surface area (Å²) in [6.45, 7) is 2.04. The van der Waals surface area contributed by atoms with Gasteiger partial charge in [0.25, 0.3) is 0 Å². The number of halogens is 2. The lowest BCUT2D eigenvalue weighted by molar-refractivity contribution is 1.52. The van der Waals surface area contributed by atoms with E-state index in [0.717, 1.165) is 11.1 Å². The molecule has 0 bridgehead atoms. The second-order valence-electron chi connectivity index (χ2n) is 3.01. The summed E-state index contributed by atoms with van der Waals surface area (Å²) in [5.74, 6) is 0. The summed E-state index contributed by atoms with van der Waals surface area (Å²) in [4.78, 5) is 0. The SMILES string of the molecule is Cc1[c]scc1-c1ccc(Cl)c(Cl)c1. The molecule has 1 heterocycles. The van der Waals surface area contributed by atoms with Crippen molar-refractivity contribution in [1.82, 2.24) is 0 Å². The Morgan fingerprint density at radius 1 is 1.21 bits per heavy atom. The van der Waals surface area contributed by atoms with Crippen LogP contribution in [0.1, 0.15) is 5.56 Å². The van der Waals surface area contributed by atoms with Gasteiger partial charge in [-0.25, -0.2) is 0 Å². The lowest BCUT2D eigenvalue weighted by Gasteiger charge is -2.02. The van der Waals surface area contributed by atoms with Crippen molar-refractivity contribution in [3.8, 4) is 11.1 Å². The molecule has 0 aliphatic heterocycles. The van der Waals surface area contributed by atoms with Crippen LogP contribution >= 0.6 is 34.5 Å². The van der Waals surface area contributed by atoms with Crippen LogP contribution in [-0.2, 0) is 0 Å². The smallest absolute Gasteiger partial charge is 0.0598 e. The van der Waals surface area contributed by atoms with Gasteiger partial charge in [-0.1, -0.05) is 29.3 Å². The summed E-state index contributed by atoms with van der Waals surface area (Å²) in [6.07, 6.45) is 0. The zero-order valence-electron chi connectivity index (χ0n) is 7.47. The summed E-state index contributed by atoms with van der Waals surface area (Å²) in [5, 5.41) is 6.41. The predicted molar refractivity (Wildman–Crippen MR) is 63.3 cm³/mol. The van der Waals surface area contributed by atoms with Crippen LogP contribution in [0.15, 0.2) is 23.6 Å². The van der Waals surface area contributed by atoms with Crippen molar-refractivity contribution in [2.45, 2.75) is 6.92 Å². The molecule has 0 atom stereocenters. The molecule has 2 aromatic rings. The van der Waals surface area contributed by atoms with E-state index in [1.165, 1.54) is 5.56 Å². The average molecular weight is 242 g/mol. The molecule has 2 rings (SSSR count). The van der Waals surface area contributed by atoms with Gasteiger partial charge < -0.3 is 0 Å². The van der Waals surface area contributed by atoms with Crippen molar-refractivity contribution in [1.29, 1.82) is 0 Å². The van der Waals surface area contributed by atoms with Crippen molar-refractivity contribution in [2.24, 2.45) is 0 Å². The largest absolute Gasteiger partial charge is 0.142 e. The summed E-state index contributed by atoms with van der Waals surface area (Å²) in [6, 6.07) is 5.67. The molecular weight excluding hydrogens is 235 g/mol. The zero-order valence-corrected chi connectivity index (χ0v) is 9.80. The second kappa shape index (κ2) is 3.93. The molecule has 1 aromatic carbocycles. The second-order valence-corrected chi connectivity index (χ2v) is 4.50. The van der Waals surface area contributed by atoms with Gasteiger partial charge >= 0.3 is 0 Å². The monoisotopic (exact) mass is 241 g/mol. The normalized spacial score (nSPS) is 10.5. The quantitative estimate of drug-likeness (QED) is 0.671. The van der Waals surface area contributed by atoms with E-state index in [2.05, 4.69) is 10.8 Å². The van der Waals surface area contributed by atoms with Crippen molar-refractivity contribution in [3.05, 3.63) is 44.6 Å². The van der Waals surface area contributed by atoms with Gasteiger partial charge in [-0.3, -0.25) is 0 Å². The van der Waals surface area contributed by atoms with Crippen LogP contribution in [-0.4, -0.2) is 0 Å². The minimum absolute atomic E-state index is 0.590. The standard InChI is InChI=1S/C11H7Cl2S/c1-7-5-14-6-9(7)8-2-3-10(12)11(13)4-8/h2-4,6H,1H3. The first-order valence-corrected chi connectivity index (χ1v) is 5.73. The molecule has 1 aromatic heterocycles. The van der Waals surface area contributed by atoms with Gasteiger partial charge in [0.15, 0.2) is 0 Å². The van der Waals surface area contributed by atoms with Crippen LogP contribution in [0, 0.1) is 12.3 Å². The van der Waals surface area contributed by atoms with Gasteiger partial charge in [0.2, 0.25) is 0 Å². The number of hydrogen-bond donors (Lipinski definition) is 0. The molecule has 0 amide bonds. The van der Waals surface area contributed by atoms with Crippen LogP contribution < -0.4 is 0 Å². The Bertz CT molecular complexity index is 460. The van der Waals surface area contributed by atoms with Crippen LogP contribution in [0.3, 0.4) is 0 Å². The first-order chi connectivity index (χ1) is 6.68. The Hall–Kier alpha value is -0.500. The van der Waals surface area contributed by atoms with Gasteiger partial charge in [0.05, 0.1) is 10.0 Å². The van der Waals surface area contributed by atoms with E-state index in [1.54, 1.807) is 11.3 Å². The highest BCUT2D eigenvalue weighted by Crippen LogP contribution is 2.31. The number of aryl methyl sites for hydroxylation is 1. The fourth-order valence-corrected chi connectivity index (χ4v) is 2.34. The third-order valence-corrected chi connectivity index (χ3v) is 3.54. The molecule has 14 heavy (non-hydrogen) atoms. The Balaban J connectivity index is 2.53. The molecule has 0 fully saturated rings. The molecule has 1 radical (unpaired) electrons. The summed E-state index contributed by atoms with van der Waals surface area (Å²) < 4.78 is 0. The van der Waals surface area contributed by atoms with Crippen LogP contribution in [0.2, 0.25) is 10.0 Å². The molecule has 0 aliphatic carbocycles. The Morgan fingerprint density at radius 2 is 2.00 bits per heavy atom. The molecule has 71 valence electrons. The van der Waals surface area contributed by atoms with E-state index in [0.29, 0.717) is 10.0 Å². The van der Waals surface area contributed by atoms with Gasteiger partial charge in [0, 0.05) is 5.38 Å². The Labute approximate surface area is 97.1 Å². The van der Waals surface area contributed by atoms with E-state index < -0.39 is 0 Å². The predicted octanol–water partition coefficient (Wildman–Crippen LogP) is 4.83. The van der Waals surface area contributed by atoms with E-state index in [4.69, 9.17) is 23.2 Å². The maximum atomic E-state index is 5.94. The molecule has 0 nitrogen and oxygen atoms in total. The molecule has 0 saturated heterocycles. The number of thiophene rings is 1. The van der Waals surface area contributed by atoms with Gasteiger partial charge in [-0.05, 0) is 41.1 Å². The molecule has 0 unspecified atom stereocenters. The third-order valence-electron chi connectivity index (χ3n) is 2.02. The zero-order chi connectivity index (χ0) is 10.1. The van der Waals surface area contributed by atoms with Gasteiger partial charge in [0.1, 0.15) is 0 Å². The summed E-state index contributed by atoms with van der Waals surface area (Å²) >= 11 is 13.4. The fourth-order valence-electron chi connectivity index (χ4n) is 1.27. The molecule has 0 N–H and O–H groups in total. The third kappa shape index (κ3) is 1.81. The first kappa shape index (κ1) is 10.0. The van der Waals surface area contributed by atoms with Crippen LogP contribution in [0.4, 0.5) is 0 Å². The van der Waals surface area contributed by atoms with Crippen molar-refractivity contribution < 1.29 is 0 Å². The number of rotatable bonds is 1. The fraction of sp³-hybridized carbons (Fsp3) is 0.0909. The highest BCUT2D eigenvalue weighted by Gasteiger charge is 2.05. The summed E-state index contributed by atoms with van der Waals surface area (Å²) in [5.41, 5.74) is 3.41. The highest BCUT2D eigenvalue weighted by molar-refractivity contribution is 7.07. The highest BCUT2D eigenvalue weighted by atomic mass is 35.5. The summed E-state index contributed by atoms with van der Waals surface area (Å²) in [7, 11) is 0. The van der Waals surface area contributed by atoms with Crippen LogP contribution in [0.25, 0.3) is 11.1 Å². The van der Waals surface area contributed by atoms with Crippen LogP contribution in [0.5, 0.6) is 0 Å². The van der Waals surface area contributed by atoms with E-state index >= 15 is 0 Å². The number of benzene rings is 1. The molecule has 0 spiro atoms. The average Bonchev–Trinajstić information content (AvgIpc) is 2.57. The molecular formula is C11H7Cl2S. The van der Waals surface area contributed by atoms with Crippen molar-refractivity contribution in [3.63, 3.8) is 0 Å². The van der Waals surface area contributed by atoms with Gasteiger partial charge in [-0.15, -0.1) is 11.3 Å². The maximum Gasteiger partial charge on any atom is 0.0598 e. The molecule has 0 aliphatic rings. The topological polar surface area (TPSA) is 0 Å². The Morgan fingerprint density at radius 3 is 2.57 bits per heavy atom. The molecule has 3 heteroatoms. The molecule has 0 saturated carbocycles. The lowest BCUT2D eigenvalue weighted by Crippen LogP contribution is -1.78. The van der Waals surface area contributed by atoms with Gasteiger partial charge in [-0.2, -0.15) is 0 Å². The van der Waals surface area contributed by atoms with E-state index in [1.807, 2.05) is 25.1 Å².